The molecule has 162 valence electrons. The van der Waals surface area contributed by atoms with Gasteiger partial charge in [0.1, 0.15) is 0 Å². The van der Waals surface area contributed by atoms with Crippen LogP contribution in [0.3, 0.4) is 0 Å². The summed E-state index contributed by atoms with van der Waals surface area (Å²) in [4.78, 5) is 0.238. The van der Waals surface area contributed by atoms with E-state index in [2.05, 4.69) is 27.1 Å². The molecule has 0 atom stereocenters. The average molecular weight is 497 g/mol. The van der Waals surface area contributed by atoms with Crippen molar-refractivity contribution in [3.05, 3.63) is 90.0 Å². The summed E-state index contributed by atoms with van der Waals surface area (Å²) in [6.45, 7) is 0. The van der Waals surface area contributed by atoms with E-state index in [1.165, 1.54) is 16.7 Å². The van der Waals surface area contributed by atoms with Gasteiger partial charge in [-0.15, -0.1) is 37.2 Å². The van der Waals surface area contributed by atoms with Crippen LogP contribution in [-0.2, 0) is 16.4 Å². The molecule has 0 saturated carbocycles. The summed E-state index contributed by atoms with van der Waals surface area (Å²) in [5.41, 5.74) is 7.11. The number of nitrogens with zero attached hydrogens (tertiary/aromatic N) is 1. The Morgan fingerprint density at radius 1 is 0.806 bits per heavy atom. The normalized spacial score (nSPS) is 11.2. The van der Waals surface area contributed by atoms with Gasteiger partial charge in [-0.2, -0.15) is 5.10 Å². The summed E-state index contributed by atoms with van der Waals surface area (Å²) in [5, 5.41) is 7.65. The highest BCUT2D eigenvalue weighted by Crippen LogP contribution is 2.39. The maximum absolute atomic E-state index is 12.5. The Morgan fingerprint density at radius 2 is 1.45 bits per heavy atom. The van der Waals surface area contributed by atoms with Gasteiger partial charge in [0.05, 0.1) is 16.3 Å². The van der Waals surface area contributed by atoms with Gasteiger partial charge in [0.2, 0.25) is 0 Å². The lowest BCUT2D eigenvalue weighted by Gasteiger charge is -2.08. The van der Waals surface area contributed by atoms with Gasteiger partial charge in [-0.05, 0) is 29.8 Å². The van der Waals surface area contributed by atoms with Crippen molar-refractivity contribution in [2.45, 2.75) is 11.3 Å². The van der Waals surface area contributed by atoms with Gasteiger partial charge in [0, 0.05) is 28.8 Å². The molecule has 31 heavy (non-hydrogen) atoms. The first-order chi connectivity index (χ1) is 13.6. The highest BCUT2D eigenvalue weighted by Gasteiger charge is 2.24. The van der Waals surface area contributed by atoms with E-state index in [1.54, 1.807) is 42.5 Å². The van der Waals surface area contributed by atoms with Crippen molar-refractivity contribution in [3.63, 3.8) is 0 Å². The predicted molar refractivity (Wildman–Crippen MR) is 131 cm³/mol. The molecule has 1 aliphatic carbocycles. The summed E-state index contributed by atoms with van der Waals surface area (Å²) in [6, 6.07) is 24.0. The number of nitrogens with one attached hydrogen (secondary N) is 2. The number of anilines is 1. The molecule has 5 nitrogen and oxygen atoms in total. The van der Waals surface area contributed by atoms with Gasteiger partial charge >= 0.3 is 0 Å². The standard InChI is InChI=1S/C22H17N3O2S.3ClH/c26-28(27,18-7-2-1-3-8-18)25-17-12-10-15(11-13-17)21-20-14-16-6-4-5-9-19(16)22(20)24-23-21;;;/h1-13,25H,14H2,(H,23,24);3*1H. The van der Waals surface area contributed by atoms with Gasteiger partial charge in [0.25, 0.3) is 10.0 Å². The van der Waals surface area contributed by atoms with Crippen molar-refractivity contribution >= 4 is 52.9 Å². The molecule has 5 rings (SSSR count). The molecule has 0 radical (unpaired) electrons. The van der Waals surface area contributed by atoms with Gasteiger partial charge in [-0.3, -0.25) is 9.82 Å². The number of hydrogen-bond donors (Lipinski definition) is 2. The smallest absolute Gasteiger partial charge is 0.261 e. The molecule has 0 unspecified atom stereocenters. The Kier molecular flexibility index (Phi) is 7.78. The fraction of sp³-hybridized carbons (Fsp3) is 0.0455. The minimum Gasteiger partial charge on any atom is -0.280 e. The van der Waals surface area contributed by atoms with E-state index in [9.17, 15) is 8.42 Å². The number of benzene rings is 3. The van der Waals surface area contributed by atoms with Gasteiger partial charge < -0.3 is 0 Å². The molecular weight excluding hydrogens is 477 g/mol. The molecule has 4 aromatic rings. The quantitative estimate of drug-likeness (QED) is 0.334. The summed E-state index contributed by atoms with van der Waals surface area (Å²) >= 11 is 0. The molecule has 0 amide bonds. The van der Waals surface area contributed by atoms with E-state index in [-0.39, 0.29) is 42.1 Å². The number of rotatable bonds is 4. The van der Waals surface area contributed by atoms with Gasteiger partial charge in [-0.1, -0.05) is 54.6 Å². The van der Waals surface area contributed by atoms with Crippen LogP contribution in [0.1, 0.15) is 11.1 Å². The SMILES string of the molecule is Cl.Cl.Cl.O=S(=O)(Nc1ccc(-c2n[nH]c3c2Cc2ccccc2-3)cc1)c1ccccc1. The zero-order valence-electron chi connectivity index (χ0n) is 16.1. The van der Waals surface area contributed by atoms with E-state index >= 15 is 0 Å². The van der Waals surface area contributed by atoms with Crippen LogP contribution in [0.2, 0.25) is 0 Å². The maximum atomic E-state index is 12.5. The molecule has 0 aliphatic heterocycles. The van der Waals surface area contributed by atoms with Crippen molar-refractivity contribution in [2.24, 2.45) is 0 Å². The first-order valence-electron chi connectivity index (χ1n) is 8.96. The van der Waals surface area contributed by atoms with Crippen LogP contribution in [-0.4, -0.2) is 18.6 Å². The minimum atomic E-state index is -3.60. The summed E-state index contributed by atoms with van der Waals surface area (Å²) in [6.07, 6.45) is 0.847. The number of H-pyrrole nitrogens is 1. The van der Waals surface area contributed by atoms with Crippen molar-refractivity contribution in [1.29, 1.82) is 0 Å². The summed E-state index contributed by atoms with van der Waals surface area (Å²) in [7, 11) is -3.60. The van der Waals surface area contributed by atoms with Crippen LogP contribution in [0.4, 0.5) is 5.69 Å². The third-order valence-corrected chi connectivity index (χ3v) is 6.38. The monoisotopic (exact) mass is 495 g/mol. The van der Waals surface area contributed by atoms with Crippen LogP contribution in [0.5, 0.6) is 0 Å². The van der Waals surface area contributed by atoms with Crippen LogP contribution in [0.15, 0.2) is 83.8 Å². The van der Waals surface area contributed by atoms with Crippen molar-refractivity contribution < 1.29 is 8.42 Å². The number of aromatic amines is 1. The molecule has 0 fully saturated rings. The number of aromatic nitrogens is 2. The fourth-order valence-corrected chi connectivity index (χ4v) is 4.70. The zero-order chi connectivity index (χ0) is 19.1. The highest BCUT2D eigenvalue weighted by molar-refractivity contribution is 7.92. The topological polar surface area (TPSA) is 74.8 Å². The van der Waals surface area contributed by atoms with Crippen LogP contribution in [0, 0.1) is 0 Å². The third-order valence-electron chi connectivity index (χ3n) is 4.99. The molecular formula is C22H20Cl3N3O2S. The van der Waals surface area contributed by atoms with Crippen LogP contribution >= 0.6 is 37.2 Å². The molecule has 3 aromatic carbocycles. The molecule has 1 aliphatic rings. The predicted octanol–water partition coefficient (Wildman–Crippen LogP) is 5.71. The van der Waals surface area contributed by atoms with Crippen molar-refractivity contribution in [3.8, 4) is 22.5 Å². The van der Waals surface area contributed by atoms with E-state index < -0.39 is 10.0 Å². The lowest BCUT2D eigenvalue weighted by Crippen LogP contribution is -2.12. The first kappa shape index (κ1) is 24.8. The number of halogens is 3. The van der Waals surface area contributed by atoms with Crippen molar-refractivity contribution in [1.82, 2.24) is 10.2 Å². The Balaban J connectivity index is 0.00000114. The lowest BCUT2D eigenvalue weighted by molar-refractivity contribution is 0.601. The second kappa shape index (κ2) is 9.75. The second-order valence-corrected chi connectivity index (χ2v) is 8.44. The number of fused-ring (bicyclic) bond motifs is 3. The Labute approximate surface area is 199 Å². The Bertz CT molecular complexity index is 1280. The Morgan fingerprint density at radius 3 is 2.16 bits per heavy atom. The minimum absolute atomic E-state index is 0. The molecule has 9 heteroatoms. The molecule has 2 N–H and O–H groups in total. The molecule has 1 aromatic heterocycles. The third kappa shape index (κ3) is 4.57. The maximum Gasteiger partial charge on any atom is 0.261 e. The largest absolute Gasteiger partial charge is 0.280 e. The fourth-order valence-electron chi connectivity index (χ4n) is 3.62. The average Bonchev–Trinajstić information content (AvgIpc) is 3.28. The second-order valence-electron chi connectivity index (χ2n) is 6.76. The summed E-state index contributed by atoms with van der Waals surface area (Å²) < 4.78 is 27.5. The lowest BCUT2D eigenvalue weighted by atomic mass is 10.1. The summed E-state index contributed by atoms with van der Waals surface area (Å²) in [5.74, 6) is 0. The highest BCUT2D eigenvalue weighted by atomic mass is 35.5. The molecule has 0 saturated heterocycles. The molecule has 1 heterocycles. The van der Waals surface area contributed by atoms with E-state index in [0.717, 1.165) is 23.4 Å². The molecule has 0 bridgehead atoms. The van der Waals surface area contributed by atoms with E-state index in [0.29, 0.717) is 5.69 Å². The Hall–Kier alpha value is -2.51. The van der Waals surface area contributed by atoms with Crippen LogP contribution < -0.4 is 4.72 Å². The number of sulfonamides is 1. The first-order valence-corrected chi connectivity index (χ1v) is 10.4. The number of hydrogen-bond acceptors (Lipinski definition) is 3. The van der Waals surface area contributed by atoms with E-state index in [4.69, 9.17) is 0 Å². The molecule has 0 spiro atoms. The zero-order valence-corrected chi connectivity index (χ0v) is 19.4. The van der Waals surface area contributed by atoms with E-state index in [1.807, 2.05) is 24.3 Å². The van der Waals surface area contributed by atoms with Gasteiger partial charge in [0.15, 0.2) is 0 Å². The van der Waals surface area contributed by atoms with Crippen molar-refractivity contribution in [2.75, 3.05) is 4.72 Å². The van der Waals surface area contributed by atoms with Crippen LogP contribution in [0.25, 0.3) is 22.5 Å². The van der Waals surface area contributed by atoms with Gasteiger partial charge in [-0.25, -0.2) is 8.42 Å².